The molecule has 1 heterocycles. The van der Waals surface area contributed by atoms with Crippen LogP contribution in [0.1, 0.15) is 31.2 Å². The van der Waals surface area contributed by atoms with Gasteiger partial charge in [-0.1, -0.05) is 32.0 Å². The zero-order valence-electron chi connectivity index (χ0n) is 13.8. The van der Waals surface area contributed by atoms with Crippen LogP contribution in [0.15, 0.2) is 30.5 Å². The number of aromatic nitrogens is 1. The summed E-state index contributed by atoms with van der Waals surface area (Å²) >= 11 is 1.29. The zero-order valence-corrected chi connectivity index (χ0v) is 14.6. The van der Waals surface area contributed by atoms with Crippen LogP contribution in [0.25, 0.3) is 0 Å². The van der Waals surface area contributed by atoms with Crippen LogP contribution < -0.4 is 10.6 Å². The Morgan fingerprint density at radius 1 is 1.29 bits per heavy atom. The number of benzene rings is 1. The molecule has 2 amide bonds. The fourth-order valence-corrected chi connectivity index (χ4v) is 3.05. The lowest BCUT2D eigenvalue weighted by Gasteiger charge is -2.20. The fraction of sp³-hybridized carbons (Fsp3) is 0.353. The fourth-order valence-electron chi connectivity index (χ4n) is 2.21. The lowest BCUT2D eigenvalue weighted by atomic mass is 10.0. The molecule has 24 heavy (non-hydrogen) atoms. The second-order valence-corrected chi connectivity index (χ2v) is 6.93. The minimum Gasteiger partial charge on any atom is -0.344 e. The Hall–Kier alpha value is -2.28. The summed E-state index contributed by atoms with van der Waals surface area (Å²) in [6, 6.07) is 5.94. The van der Waals surface area contributed by atoms with Gasteiger partial charge in [0.05, 0.1) is 0 Å². The molecular formula is C17H20FN3O2S. The van der Waals surface area contributed by atoms with Gasteiger partial charge < -0.3 is 10.6 Å². The Balaban J connectivity index is 2.04. The van der Waals surface area contributed by atoms with E-state index < -0.39 is 6.04 Å². The third-order valence-corrected chi connectivity index (χ3v) is 4.33. The van der Waals surface area contributed by atoms with Gasteiger partial charge in [-0.15, -0.1) is 11.3 Å². The van der Waals surface area contributed by atoms with Gasteiger partial charge in [0.15, 0.2) is 5.13 Å². The molecule has 7 heteroatoms. The largest absolute Gasteiger partial charge is 0.344 e. The van der Waals surface area contributed by atoms with Gasteiger partial charge in [0.2, 0.25) is 11.8 Å². The molecule has 0 saturated heterocycles. The van der Waals surface area contributed by atoms with Gasteiger partial charge >= 0.3 is 0 Å². The first-order valence-electron chi connectivity index (χ1n) is 7.63. The number of anilines is 1. The number of amides is 2. The number of nitrogens with zero attached hydrogens (tertiary/aromatic N) is 1. The van der Waals surface area contributed by atoms with Crippen LogP contribution >= 0.6 is 11.3 Å². The highest BCUT2D eigenvalue weighted by atomic mass is 32.1. The molecule has 2 rings (SSSR count). The lowest BCUT2D eigenvalue weighted by molar-refractivity contribution is -0.126. The van der Waals surface area contributed by atoms with Crippen LogP contribution in [0.2, 0.25) is 0 Å². The summed E-state index contributed by atoms with van der Waals surface area (Å²) in [6.45, 7) is 5.08. The highest BCUT2D eigenvalue weighted by Gasteiger charge is 2.23. The van der Waals surface area contributed by atoms with Crippen molar-refractivity contribution in [1.82, 2.24) is 10.3 Å². The van der Waals surface area contributed by atoms with Crippen molar-refractivity contribution < 1.29 is 14.0 Å². The summed E-state index contributed by atoms with van der Waals surface area (Å²) in [6.07, 6.45) is 2.04. The number of thiazole rings is 1. The SMILES string of the molecule is CC(=O)N[C@@H](C(=O)Nc1ncc(Cc2ccccc2F)s1)C(C)C. The number of rotatable bonds is 6. The molecular weight excluding hydrogens is 329 g/mol. The summed E-state index contributed by atoms with van der Waals surface area (Å²) in [5.74, 6) is -0.885. The topological polar surface area (TPSA) is 71.1 Å². The van der Waals surface area contributed by atoms with Gasteiger partial charge in [-0.25, -0.2) is 9.37 Å². The molecule has 0 radical (unpaired) electrons. The Morgan fingerprint density at radius 2 is 2.00 bits per heavy atom. The second-order valence-electron chi connectivity index (χ2n) is 5.81. The van der Waals surface area contributed by atoms with E-state index >= 15 is 0 Å². The van der Waals surface area contributed by atoms with Gasteiger partial charge in [-0.2, -0.15) is 0 Å². The molecule has 0 bridgehead atoms. The van der Waals surface area contributed by atoms with Gasteiger partial charge in [-0.05, 0) is 17.5 Å². The summed E-state index contributed by atoms with van der Waals surface area (Å²) in [7, 11) is 0. The van der Waals surface area contributed by atoms with E-state index in [0.29, 0.717) is 17.1 Å². The van der Waals surface area contributed by atoms with Gasteiger partial charge in [0, 0.05) is 24.4 Å². The Labute approximate surface area is 144 Å². The van der Waals surface area contributed by atoms with E-state index in [1.807, 2.05) is 13.8 Å². The van der Waals surface area contributed by atoms with Crippen LogP contribution in [0.5, 0.6) is 0 Å². The van der Waals surface area contributed by atoms with E-state index in [0.717, 1.165) is 4.88 Å². The molecule has 1 atom stereocenters. The molecule has 1 aromatic heterocycles. The van der Waals surface area contributed by atoms with Crippen molar-refractivity contribution in [3.05, 3.63) is 46.7 Å². The predicted molar refractivity (Wildman–Crippen MR) is 92.4 cm³/mol. The van der Waals surface area contributed by atoms with E-state index in [9.17, 15) is 14.0 Å². The van der Waals surface area contributed by atoms with Crippen LogP contribution in [-0.4, -0.2) is 22.8 Å². The molecule has 5 nitrogen and oxygen atoms in total. The number of hydrogen-bond acceptors (Lipinski definition) is 4. The molecule has 2 aromatic rings. The van der Waals surface area contributed by atoms with Crippen molar-refractivity contribution in [2.45, 2.75) is 33.2 Å². The van der Waals surface area contributed by atoms with Crippen molar-refractivity contribution >= 4 is 28.3 Å². The lowest BCUT2D eigenvalue weighted by Crippen LogP contribution is -2.46. The molecule has 128 valence electrons. The summed E-state index contributed by atoms with van der Waals surface area (Å²) in [4.78, 5) is 28.5. The van der Waals surface area contributed by atoms with Crippen LogP contribution in [0.4, 0.5) is 9.52 Å². The molecule has 0 saturated carbocycles. The highest BCUT2D eigenvalue weighted by Crippen LogP contribution is 2.22. The summed E-state index contributed by atoms with van der Waals surface area (Å²) in [5.41, 5.74) is 0.581. The summed E-state index contributed by atoms with van der Waals surface area (Å²) < 4.78 is 13.7. The first kappa shape index (κ1) is 18.1. The molecule has 0 aliphatic heterocycles. The van der Waals surface area contributed by atoms with E-state index in [1.165, 1.54) is 24.3 Å². The average molecular weight is 349 g/mol. The maximum absolute atomic E-state index is 13.7. The Morgan fingerprint density at radius 3 is 2.62 bits per heavy atom. The number of halogens is 1. The quantitative estimate of drug-likeness (QED) is 0.842. The molecule has 0 spiro atoms. The smallest absolute Gasteiger partial charge is 0.248 e. The van der Waals surface area contributed by atoms with Crippen LogP contribution in [0.3, 0.4) is 0 Å². The minimum absolute atomic E-state index is 0.0493. The first-order valence-corrected chi connectivity index (χ1v) is 8.44. The normalized spacial score (nSPS) is 12.0. The number of nitrogens with one attached hydrogen (secondary N) is 2. The molecule has 0 fully saturated rings. The predicted octanol–water partition coefficient (Wildman–Crippen LogP) is 2.97. The monoisotopic (exact) mass is 349 g/mol. The van der Waals surface area contributed by atoms with Crippen molar-refractivity contribution in [3.8, 4) is 0 Å². The minimum atomic E-state index is -0.624. The Bertz CT molecular complexity index is 730. The van der Waals surface area contributed by atoms with Crippen molar-refractivity contribution in [2.75, 3.05) is 5.32 Å². The number of carbonyl (C=O) groups is 2. The van der Waals surface area contributed by atoms with E-state index in [1.54, 1.807) is 24.4 Å². The third kappa shape index (κ3) is 4.86. The second kappa shape index (κ2) is 8.01. The van der Waals surface area contributed by atoms with Crippen molar-refractivity contribution in [1.29, 1.82) is 0 Å². The van der Waals surface area contributed by atoms with Gasteiger partial charge in [0.1, 0.15) is 11.9 Å². The van der Waals surface area contributed by atoms with Crippen molar-refractivity contribution in [2.24, 2.45) is 5.92 Å². The average Bonchev–Trinajstić information content (AvgIpc) is 2.93. The standard InChI is InChI=1S/C17H20FN3O2S/c1-10(2)15(20-11(3)22)16(23)21-17-19-9-13(24-17)8-12-6-4-5-7-14(12)18/h4-7,9-10,15H,8H2,1-3H3,(H,20,22)(H,19,21,23)/t15-/m1/s1. The molecule has 0 aliphatic rings. The molecule has 0 unspecified atom stereocenters. The van der Waals surface area contributed by atoms with Gasteiger partial charge in [-0.3, -0.25) is 9.59 Å². The van der Waals surface area contributed by atoms with Crippen molar-refractivity contribution in [3.63, 3.8) is 0 Å². The number of carbonyl (C=O) groups excluding carboxylic acids is 2. The maximum Gasteiger partial charge on any atom is 0.248 e. The molecule has 0 aliphatic carbocycles. The zero-order chi connectivity index (χ0) is 17.7. The van der Waals surface area contributed by atoms with E-state index in [-0.39, 0.29) is 23.5 Å². The van der Waals surface area contributed by atoms with E-state index in [4.69, 9.17) is 0 Å². The first-order chi connectivity index (χ1) is 11.4. The summed E-state index contributed by atoms with van der Waals surface area (Å²) in [5, 5.41) is 5.77. The molecule has 1 aromatic carbocycles. The van der Waals surface area contributed by atoms with Crippen LogP contribution in [-0.2, 0) is 16.0 Å². The maximum atomic E-state index is 13.7. The number of hydrogen-bond donors (Lipinski definition) is 2. The Kier molecular flexibility index (Phi) is 6.03. The third-order valence-electron chi connectivity index (χ3n) is 3.41. The highest BCUT2D eigenvalue weighted by molar-refractivity contribution is 7.15. The molecule has 2 N–H and O–H groups in total. The van der Waals surface area contributed by atoms with Gasteiger partial charge in [0.25, 0.3) is 0 Å². The van der Waals surface area contributed by atoms with E-state index in [2.05, 4.69) is 15.6 Å². The van der Waals surface area contributed by atoms with Crippen LogP contribution in [0, 0.1) is 11.7 Å².